The number of hydrogen-bond acceptors (Lipinski definition) is 5. The molecule has 3 heterocycles. The van der Waals surface area contributed by atoms with Crippen LogP contribution in [0.1, 0.15) is 72.7 Å². The Bertz CT molecular complexity index is 956. The number of hydrogen-bond donors (Lipinski definition) is 2. The van der Waals surface area contributed by atoms with E-state index in [4.69, 9.17) is 4.52 Å². The average Bonchev–Trinajstić information content (AvgIpc) is 3.56. The molecule has 1 aliphatic carbocycles. The number of carbonyl (C=O) groups is 2. The third-order valence-electron chi connectivity index (χ3n) is 7.35. The fourth-order valence-corrected chi connectivity index (χ4v) is 5.26. The Morgan fingerprint density at radius 3 is 2.59 bits per heavy atom. The number of benzene rings is 1. The molecule has 2 atom stereocenters. The fraction of sp³-hybridized carbons (Fsp3) is 0.577. The van der Waals surface area contributed by atoms with E-state index in [0.29, 0.717) is 30.5 Å². The minimum absolute atomic E-state index is 0. The molecule has 0 radical (unpaired) electrons. The number of nitrogens with zero attached hydrogens (tertiary/aromatic N) is 2. The van der Waals surface area contributed by atoms with Crippen molar-refractivity contribution in [2.45, 2.75) is 69.4 Å². The van der Waals surface area contributed by atoms with Crippen LogP contribution in [0.4, 0.5) is 0 Å². The van der Waals surface area contributed by atoms with Crippen LogP contribution in [0, 0.1) is 5.92 Å². The number of halogens is 1. The second kappa shape index (κ2) is 11.4. The van der Waals surface area contributed by atoms with Crippen molar-refractivity contribution in [3.05, 3.63) is 53.4 Å². The van der Waals surface area contributed by atoms with Gasteiger partial charge in [-0.05, 0) is 69.5 Å². The molecule has 5 rings (SSSR count). The van der Waals surface area contributed by atoms with Crippen molar-refractivity contribution < 1.29 is 14.1 Å². The van der Waals surface area contributed by atoms with E-state index in [0.717, 1.165) is 63.8 Å². The third kappa shape index (κ3) is 6.19. The molecule has 0 bridgehead atoms. The van der Waals surface area contributed by atoms with Gasteiger partial charge in [0.1, 0.15) is 5.76 Å². The van der Waals surface area contributed by atoms with Gasteiger partial charge in [0.15, 0.2) is 5.69 Å². The van der Waals surface area contributed by atoms with Gasteiger partial charge in [-0.3, -0.25) is 9.59 Å². The summed E-state index contributed by atoms with van der Waals surface area (Å²) in [5.74, 6) is 1.81. The van der Waals surface area contributed by atoms with Crippen molar-refractivity contribution in [1.29, 1.82) is 0 Å². The molecule has 0 unspecified atom stereocenters. The Hall–Kier alpha value is -2.38. The highest BCUT2D eigenvalue weighted by molar-refractivity contribution is 5.92. The van der Waals surface area contributed by atoms with Crippen molar-refractivity contribution >= 4 is 24.2 Å². The van der Waals surface area contributed by atoms with Crippen molar-refractivity contribution in [3.63, 3.8) is 0 Å². The molecule has 1 saturated carbocycles. The first-order chi connectivity index (χ1) is 16.2. The lowest BCUT2D eigenvalue weighted by Crippen LogP contribution is -2.53. The summed E-state index contributed by atoms with van der Waals surface area (Å²) in [6.07, 6.45) is 7.33. The van der Waals surface area contributed by atoms with Gasteiger partial charge in [-0.1, -0.05) is 35.5 Å². The highest BCUT2D eigenvalue weighted by Crippen LogP contribution is 2.40. The largest absolute Gasteiger partial charge is 0.360 e. The molecular weight excluding hydrogens is 452 g/mol. The van der Waals surface area contributed by atoms with E-state index < -0.39 is 0 Å². The number of likely N-dealkylation sites (tertiary alicyclic amines) is 1. The SMILES string of the molecule is Cl.O=C(N[C@H]1CCN(C(=O)CC2CCNCC2)[C@@H](Cc2ccccc2)C1)c1cc(C2CC2)on1. The van der Waals surface area contributed by atoms with E-state index in [9.17, 15) is 9.59 Å². The maximum Gasteiger partial charge on any atom is 0.273 e. The van der Waals surface area contributed by atoms with Crippen LogP contribution in [-0.2, 0) is 11.2 Å². The zero-order valence-corrected chi connectivity index (χ0v) is 20.4. The van der Waals surface area contributed by atoms with Gasteiger partial charge in [0.2, 0.25) is 5.91 Å². The van der Waals surface area contributed by atoms with E-state index in [1.807, 2.05) is 18.2 Å². The summed E-state index contributed by atoms with van der Waals surface area (Å²) < 4.78 is 5.35. The molecule has 2 aromatic rings. The van der Waals surface area contributed by atoms with Crippen molar-refractivity contribution in [3.8, 4) is 0 Å². The van der Waals surface area contributed by atoms with Gasteiger partial charge in [-0.25, -0.2) is 0 Å². The van der Waals surface area contributed by atoms with E-state index >= 15 is 0 Å². The Morgan fingerprint density at radius 1 is 1.09 bits per heavy atom. The first kappa shape index (κ1) is 24.7. The molecule has 2 amide bonds. The summed E-state index contributed by atoms with van der Waals surface area (Å²) in [5.41, 5.74) is 1.58. The normalized spacial score (nSPS) is 23.2. The first-order valence-electron chi connectivity index (χ1n) is 12.5. The van der Waals surface area contributed by atoms with E-state index in [2.05, 4.69) is 32.8 Å². The maximum atomic E-state index is 13.3. The van der Waals surface area contributed by atoms with E-state index in [1.54, 1.807) is 6.07 Å². The van der Waals surface area contributed by atoms with E-state index in [-0.39, 0.29) is 36.3 Å². The molecule has 3 aliphatic rings. The third-order valence-corrected chi connectivity index (χ3v) is 7.35. The van der Waals surface area contributed by atoms with Crippen LogP contribution < -0.4 is 10.6 Å². The van der Waals surface area contributed by atoms with Crippen LogP contribution in [0.3, 0.4) is 0 Å². The smallest absolute Gasteiger partial charge is 0.273 e. The zero-order chi connectivity index (χ0) is 22.6. The lowest BCUT2D eigenvalue weighted by molar-refractivity contribution is -0.136. The van der Waals surface area contributed by atoms with Gasteiger partial charge in [-0.15, -0.1) is 12.4 Å². The molecule has 1 aromatic heterocycles. The molecule has 8 heteroatoms. The fourth-order valence-electron chi connectivity index (χ4n) is 5.26. The number of nitrogens with one attached hydrogen (secondary N) is 2. The monoisotopic (exact) mass is 486 g/mol. The highest BCUT2D eigenvalue weighted by atomic mass is 35.5. The highest BCUT2D eigenvalue weighted by Gasteiger charge is 2.34. The summed E-state index contributed by atoms with van der Waals surface area (Å²) >= 11 is 0. The number of piperidine rings is 2. The predicted octanol–water partition coefficient (Wildman–Crippen LogP) is 3.70. The van der Waals surface area contributed by atoms with Gasteiger partial charge < -0.3 is 20.1 Å². The van der Waals surface area contributed by atoms with Crippen LogP contribution in [0.15, 0.2) is 40.9 Å². The van der Waals surface area contributed by atoms with Crippen molar-refractivity contribution in [1.82, 2.24) is 20.7 Å². The Morgan fingerprint density at radius 2 is 1.85 bits per heavy atom. The second-order valence-corrected chi connectivity index (χ2v) is 9.91. The van der Waals surface area contributed by atoms with Gasteiger partial charge >= 0.3 is 0 Å². The van der Waals surface area contributed by atoms with Crippen molar-refractivity contribution in [2.75, 3.05) is 19.6 Å². The van der Waals surface area contributed by atoms with Crippen LogP contribution in [0.5, 0.6) is 0 Å². The number of aromatic nitrogens is 1. The van der Waals surface area contributed by atoms with Gasteiger partial charge in [0.25, 0.3) is 5.91 Å². The number of amides is 2. The second-order valence-electron chi connectivity index (χ2n) is 9.91. The summed E-state index contributed by atoms with van der Waals surface area (Å²) in [6.45, 7) is 2.69. The maximum absolute atomic E-state index is 13.3. The number of rotatable bonds is 7. The Kier molecular flexibility index (Phi) is 8.27. The van der Waals surface area contributed by atoms with Crippen LogP contribution >= 0.6 is 12.4 Å². The molecular formula is C26H35ClN4O3. The van der Waals surface area contributed by atoms with Crippen molar-refractivity contribution in [2.24, 2.45) is 5.92 Å². The Balaban J connectivity index is 0.00000274. The predicted molar refractivity (Wildman–Crippen MR) is 132 cm³/mol. The lowest BCUT2D eigenvalue weighted by atomic mass is 9.89. The quantitative estimate of drug-likeness (QED) is 0.623. The Labute approximate surface area is 207 Å². The summed E-state index contributed by atoms with van der Waals surface area (Å²) in [7, 11) is 0. The minimum Gasteiger partial charge on any atom is -0.360 e. The van der Waals surface area contributed by atoms with Gasteiger partial charge in [0.05, 0.1) is 0 Å². The molecule has 184 valence electrons. The molecule has 2 aliphatic heterocycles. The molecule has 2 saturated heterocycles. The van der Waals surface area contributed by atoms with Crippen LogP contribution in [0.25, 0.3) is 0 Å². The summed E-state index contributed by atoms with van der Waals surface area (Å²) in [5, 5.41) is 10.5. The zero-order valence-electron chi connectivity index (χ0n) is 19.6. The summed E-state index contributed by atoms with van der Waals surface area (Å²) in [6, 6.07) is 12.2. The summed E-state index contributed by atoms with van der Waals surface area (Å²) in [4.78, 5) is 28.2. The van der Waals surface area contributed by atoms with Gasteiger partial charge in [0, 0.05) is 37.0 Å². The molecule has 3 fully saturated rings. The van der Waals surface area contributed by atoms with Gasteiger partial charge in [-0.2, -0.15) is 0 Å². The molecule has 1 aromatic carbocycles. The standard InChI is InChI=1S/C26H34N4O3.ClH/c31-25(15-19-8-11-27-12-9-19)30-13-10-21(16-22(30)14-18-4-2-1-3-5-18)28-26(32)23-17-24(33-29-23)20-6-7-20;/h1-5,17,19-22,27H,6-16H2,(H,28,32);1H/t21-,22-;/m0./s1. The van der Waals surface area contributed by atoms with Crippen LogP contribution in [-0.4, -0.2) is 53.6 Å². The van der Waals surface area contributed by atoms with Crippen LogP contribution in [0.2, 0.25) is 0 Å². The average molecular weight is 487 g/mol. The lowest BCUT2D eigenvalue weighted by Gasteiger charge is -2.40. The molecule has 7 nitrogen and oxygen atoms in total. The minimum atomic E-state index is -0.177. The molecule has 2 N–H and O–H groups in total. The first-order valence-corrected chi connectivity index (χ1v) is 12.5. The number of carbonyl (C=O) groups excluding carboxylic acids is 2. The molecule has 0 spiro atoms. The molecule has 34 heavy (non-hydrogen) atoms. The topological polar surface area (TPSA) is 87.5 Å². The van der Waals surface area contributed by atoms with E-state index in [1.165, 1.54) is 5.56 Å².